The molecule has 2 atom stereocenters. The summed E-state index contributed by atoms with van der Waals surface area (Å²) < 4.78 is 18.5. The van der Waals surface area contributed by atoms with Gasteiger partial charge >= 0.3 is 0 Å². The Balaban J connectivity index is 2.29. The average molecular weight is 181 g/mol. The molecule has 1 aliphatic heterocycles. The second-order valence-electron chi connectivity index (χ2n) is 3.33. The maximum absolute atomic E-state index is 13.3. The lowest BCUT2D eigenvalue weighted by Gasteiger charge is -2.13. The summed E-state index contributed by atoms with van der Waals surface area (Å²) in [6, 6.07) is 6.66. The third-order valence-corrected chi connectivity index (χ3v) is 2.43. The van der Waals surface area contributed by atoms with Crippen LogP contribution >= 0.6 is 0 Å². The molecule has 0 saturated carbocycles. The van der Waals surface area contributed by atoms with E-state index in [2.05, 4.69) is 0 Å². The predicted molar refractivity (Wildman–Crippen MR) is 47.9 cm³/mol. The monoisotopic (exact) mass is 181 g/mol. The van der Waals surface area contributed by atoms with Crippen LogP contribution in [-0.2, 0) is 4.74 Å². The zero-order valence-electron chi connectivity index (χ0n) is 7.24. The lowest BCUT2D eigenvalue weighted by atomic mass is 9.95. The van der Waals surface area contributed by atoms with Gasteiger partial charge in [0.25, 0.3) is 0 Å². The molecule has 2 nitrogen and oxygen atoms in total. The van der Waals surface area contributed by atoms with Gasteiger partial charge in [-0.3, -0.25) is 0 Å². The van der Waals surface area contributed by atoms with Gasteiger partial charge in [0.2, 0.25) is 0 Å². The van der Waals surface area contributed by atoms with Gasteiger partial charge in [-0.15, -0.1) is 0 Å². The first-order valence-corrected chi connectivity index (χ1v) is 4.37. The number of benzene rings is 1. The van der Waals surface area contributed by atoms with E-state index in [4.69, 9.17) is 10.5 Å². The van der Waals surface area contributed by atoms with Crippen molar-refractivity contribution in [3.8, 4) is 0 Å². The fourth-order valence-corrected chi connectivity index (χ4v) is 1.67. The van der Waals surface area contributed by atoms with E-state index >= 15 is 0 Å². The van der Waals surface area contributed by atoms with Crippen LogP contribution in [0.25, 0.3) is 0 Å². The van der Waals surface area contributed by atoms with Crippen LogP contribution in [0.15, 0.2) is 24.3 Å². The van der Waals surface area contributed by atoms with Gasteiger partial charge in [-0.1, -0.05) is 18.2 Å². The molecule has 0 amide bonds. The molecule has 2 unspecified atom stereocenters. The molecule has 1 fully saturated rings. The Bertz CT molecular complexity index is 303. The summed E-state index contributed by atoms with van der Waals surface area (Å²) in [5.41, 5.74) is 6.46. The first-order chi connectivity index (χ1) is 6.29. The summed E-state index contributed by atoms with van der Waals surface area (Å²) in [7, 11) is 0. The van der Waals surface area contributed by atoms with Gasteiger partial charge < -0.3 is 10.5 Å². The molecule has 1 aromatic rings. The molecule has 2 N–H and O–H groups in total. The minimum Gasteiger partial charge on any atom is -0.379 e. The number of halogens is 1. The fraction of sp³-hybridized carbons (Fsp3) is 0.400. The molecule has 1 heterocycles. The summed E-state index contributed by atoms with van der Waals surface area (Å²) >= 11 is 0. The lowest BCUT2D eigenvalue weighted by molar-refractivity contribution is 0.190. The standard InChI is InChI=1S/C10H12FNO/c11-9-4-2-1-3-7(9)8-5-13-6-10(8)12/h1-4,8,10H,5-6,12H2. The van der Waals surface area contributed by atoms with Gasteiger partial charge in [0.1, 0.15) is 5.82 Å². The van der Waals surface area contributed by atoms with E-state index in [1.165, 1.54) is 6.07 Å². The van der Waals surface area contributed by atoms with E-state index in [9.17, 15) is 4.39 Å². The van der Waals surface area contributed by atoms with Crippen molar-refractivity contribution in [2.45, 2.75) is 12.0 Å². The predicted octanol–water partition coefficient (Wildman–Crippen LogP) is 1.27. The number of hydrogen-bond donors (Lipinski definition) is 1. The van der Waals surface area contributed by atoms with Crippen LogP contribution in [0.3, 0.4) is 0 Å². The molecule has 1 aromatic carbocycles. The Morgan fingerprint density at radius 3 is 2.69 bits per heavy atom. The Labute approximate surface area is 76.5 Å². The number of hydrogen-bond acceptors (Lipinski definition) is 2. The Morgan fingerprint density at radius 1 is 1.31 bits per heavy atom. The minimum atomic E-state index is -0.187. The van der Waals surface area contributed by atoms with Gasteiger partial charge in [0, 0.05) is 12.0 Å². The van der Waals surface area contributed by atoms with Crippen molar-refractivity contribution in [2.75, 3.05) is 13.2 Å². The van der Waals surface area contributed by atoms with Crippen molar-refractivity contribution < 1.29 is 9.13 Å². The summed E-state index contributed by atoms with van der Waals surface area (Å²) in [6.45, 7) is 1.06. The molecule has 70 valence electrons. The normalized spacial score (nSPS) is 27.8. The summed E-state index contributed by atoms with van der Waals surface area (Å²) in [6.07, 6.45) is 0. The van der Waals surface area contributed by atoms with Crippen LogP contribution in [0.2, 0.25) is 0 Å². The Hall–Kier alpha value is -0.930. The van der Waals surface area contributed by atoms with E-state index in [0.29, 0.717) is 18.8 Å². The number of nitrogens with two attached hydrogens (primary N) is 1. The zero-order valence-corrected chi connectivity index (χ0v) is 7.24. The smallest absolute Gasteiger partial charge is 0.126 e. The van der Waals surface area contributed by atoms with Crippen LogP contribution in [0.4, 0.5) is 4.39 Å². The molecule has 1 aliphatic rings. The molecule has 0 bridgehead atoms. The van der Waals surface area contributed by atoms with Gasteiger partial charge in [-0.2, -0.15) is 0 Å². The lowest BCUT2D eigenvalue weighted by Crippen LogP contribution is -2.27. The van der Waals surface area contributed by atoms with Crippen LogP contribution in [-0.4, -0.2) is 19.3 Å². The minimum absolute atomic E-state index is 0.0150. The average Bonchev–Trinajstić information content (AvgIpc) is 2.52. The highest BCUT2D eigenvalue weighted by molar-refractivity contribution is 5.24. The largest absolute Gasteiger partial charge is 0.379 e. The molecule has 1 saturated heterocycles. The number of rotatable bonds is 1. The molecule has 0 spiro atoms. The maximum Gasteiger partial charge on any atom is 0.126 e. The van der Waals surface area contributed by atoms with Crippen molar-refractivity contribution >= 4 is 0 Å². The van der Waals surface area contributed by atoms with Crippen molar-refractivity contribution in [1.29, 1.82) is 0 Å². The fourth-order valence-electron chi connectivity index (χ4n) is 1.67. The quantitative estimate of drug-likeness (QED) is 0.708. The maximum atomic E-state index is 13.3. The van der Waals surface area contributed by atoms with E-state index in [1.54, 1.807) is 12.1 Å². The van der Waals surface area contributed by atoms with Crippen LogP contribution in [0.1, 0.15) is 11.5 Å². The third-order valence-electron chi connectivity index (χ3n) is 2.43. The second-order valence-corrected chi connectivity index (χ2v) is 3.33. The van der Waals surface area contributed by atoms with Crippen molar-refractivity contribution in [3.63, 3.8) is 0 Å². The number of ether oxygens (including phenoxy) is 1. The van der Waals surface area contributed by atoms with Crippen LogP contribution in [0, 0.1) is 5.82 Å². The van der Waals surface area contributed by atoms with Crippen molar-refractivity contribution in [1.82, 2.24) is 0 Å². The second kappa shape index (κ2) is 3.44. The summed E-state index contributed by atoms with van der Waals surface area (Å²) in [5, 5.41) is 0. The van der Waals surface area contributed by atoms with Gasteiger partial charge in [0.05, 0.1) is 13.2 Å². The molecular weight excluding hydrogens is 169 g/mol. The van der Waals surface area contributed by atoms with Crippen molar-refractivity contribution in [2.24, 2.45) is 5.73 Å². The van der Waals surface area contributed by atoms with E-state index in [0.717, 1.165) is 0 Å². The van der Waals surface area contributed by atoms with Gasteiger partial charge in [0.15, 0.2) is 0 Å². The summed E-state index contributed by atoms with van der Waals surface area (Å²) in [5.74, 6) is -0.172. The Kier molecular flexibility index (Phi) is 2.29. The summed E-state index contributed by atoms with van der Waals surface area (Å²) in [4.78, 5) is 0. The van der Waals surface area contributed by atoms with E-state index in [1.807, 2.05) is 6.07 Å². The third kappa shape index (κ3) is 1.57. The Morgan fingerprint density at radius 2 is 2.08 bits per heavy atom. The molecule has 0 radical (unpaired) electrons. The van der Waals surface area contributed by atoms with Crippen molar-refractivity contribution in [3.05, 3.63) is 35.6 Å². The molecule has 13 heavy (non-hydrogen) atoms. The topological polar surface area (TPSA) is 35.2 Å². The first kappa shape index (κ1) is 8.66. The van der Waals surface area contributed by atoms with Gasteiger partial charge in [-0.05, 0) is 11.6 Å². The zero-order chi connectivity index (χ0) is 9.26. The highest BCUT2D eigenvalue weighted by atomic mass is 19.1. The van der Waals surface area contributed by atoms with E-state index < -0.39 is 0 Å². The molecule has 2 rings (SSSR count). The first-order valence-electron chi connectivity index (χ1n) is 4.37. The SMILES string of the molecule is NC1COCC1c1ccccc1F. The molecule has 0 aromatic heterocycles. The van der Waals surface area contributed by atoms with Crippen LogP contribution in [0.5, 0.6) is 0 Å². The molecule has 3 heteroatoms. The molecule has 0 aliphatic carbocycles. The van der Waals surface area contributed by atoms with Gasteiger partial charge in [-0.25, -0.2) is 4.39 Å². The highest BCUT2D eigenvalue weighted by Crippen LogP contribution is 2.26. The van der Waals surface area contributed by atoms with Crippen LogP contribution < -0.4 is 5.73 Å². The highest BCUT2D eigenvalue weighted by Gasteiger charge is 2.28. The molecular formula is C10H12FNO. The van der Waals surface area contributed by atoms with E-state index in [-0.39, 0.29) is 17.8 Å².